The van der Waals surface area contributed by atoms with E-state index in [1.54, 1.807) is 0 Å². The molecule has 1 nitrogen and oxygen atoms in total. The van der Waals surface area contributed by atoms with E-state index in [4.69, 9.17) is 0 Å². The number of alkyl halides is 19. The number of halogens is 19. The van der Waals surface area contributed by atoms with Gasteiger partial charge in [0.2, 0.25) is 5.54 Å². The lowest BCUT2D eigenvalue weighted by atomic mass is 9.61. The molecule has 0 aromatic rings. The zero-order valence-electron chi connectivity index (χ0n) is 12.6. The number of rotatable bonds is 3. The van der Waals surface area contributed by atoms with Gasteiger partial charge in [0.15, 0.2) is 5.71 Å². The third kappa shape index (κ3) is 2.90. The molecule has 0 radical (unpaired) electrons. The maximum Gasteiger partial charge on any atom is 0.454 e. The summed E-state index contributed by atoms with van der Waals surface area (Å²) >= 11 is 0. The van der Waals surface area contributed by atoms with Gasteiger partial charge >= 0.3 is 42.7 Å². The van der Waals surface area contributed by atoms with Crippen LogP contribution in [-0.2, 0) is 0 Å². The van der Waals surface area contributed by atoms with Gasteiger partial charge in [0.1, 0.15) is 0 Å². The van der Waals surface area contributed by atoms with Crippen LogP contribution < -0.4 is 0 Å². The largest absolute Gasteiger partial charge is 0.454 e. The summed E-state index contributed by atoms with van der Waals surface area (Å²) in [5, 5.41) is 0. The Bertz CT molecular complexity index is 682. The highest BCUT2D eigenvalue weighted by atomic mass is 19.4. The highest BCUT2D eigenvalue weighted by molar-refractivity contribution is 6.11. The third-order valence-electron chi connectivity index (χ3n) is 3.87. The minimum absolute atomic E-state index is 0.714. The van der Waals surface area contributed by atoms with Crippen molar-refractivity contribution in [2.75, 3.05) is 0 Å². The van der Waals surface area contributed by atoms with E-state index in [0.717, 1.165) is 0 Å². The second kappa shape index (κ2) is 5.98. The van der Waals surface area contributed by atoms with Crippen LogP contribution in [0, 0.1) is 5.41 Å². The van der Waals surface area contributed by atoms with Gasteiger partial charge in [0.05, 0.1) is 0 Å². The third-order valence-corrected chi connectivity index (χ3v) is 3.87. The van der Waals surface area contributed by atoms with Crippen LogP contribution in [0.15, 0.2) is 4.99 Å². The molecule has 0 spiro atoms. The first-order chi connectivity index (χ1) is 12.6. The predicted octanol–water partition coefficient (Wildman–Crippen LogP) is 6.25. The Morgan fingerprint density at radius 2 is 0.767 bits per heavy atom. The summed E-state index contributed by atoms with van der Waals surface area (Å²) in [6, 6.07) is 0. The van der Waals surface area contributed by atoms with Crippen LogP contribution in [0.25, 0.3) is 0 Å². The first kappa shape index (κ1) is 26.4. The van der Waals surface area contributed by atoms with E-state index in [9.17, 15) is 83.4 Å². The summed E-state index contributed by atoms with van der Waals surface area (Å²) < 4.78 is 246. The molecule has 0 aliphatic carbocycles. The van der Waals surface area contributed by atoms with Crippen molar-refractivity contribution in [2.24, 2.45) is 10.4 Å². The van der Waals surface area contributed by atoms with Crippen molar-refractivity contribution in [3.63, 3.8) is 0 Å². The van der Waals surface area contributed by atoms with Gasteiger partial charge in [-0.05, 0) is 0 Å². The van der Waals surface area contributed by atoms with Gasteiger partial charge in [0, 0.05) is 0 Å². The average Bonchev–Trinajstić information content (AvgIpc) is 3.10. The van der Waals surface area contributed by atoms with Crippen molar-refractivity contribution in [3.05, 3.63) is 0 Å². The molecule has 0 bridgehead atoms. The van der Waals surface area contributed by atoms with E-state index in [1.807, 2.05) is 0 Å². The van der Waals surface area contributed by atoms with Crippen molar-refractivity contribution in [1.82, 2.24) is 0 Å². The van der Waals surface area contributed by atoms with Gasteiger partial charge in [-0.25, -0.2) is 0 Å². The minimum atomic E-state index is -8.85. The van der Waals surface area contributed by atoms with Crippen LogP contribution in [0.3, 0.4) is 0 Å². The van der Waals surface area contributed by atoms with Crippen LogP contribution >= 0.6 is 0 Å². The lowest BCUT2D eigenvalue weighted by Crippen LogP contribution is -2.80. The molecule has 0 N–H and O–H groups in total. The molecule has 30 heavy (non-hydrogen) atoms. The Kier molecular flexibility index (Phi) is 5.25. The van der Waals surface area contributed by atoms with E-state index < -0.39 is 59.4 Å². The number of aliphatic imine (C=N–C) groups is 1. The first-order valence-corrected chi connectivity index (χ1v) is 6.29. The highest BCUT2D eigenvalue weighted by Crippen LogP contribution is 2.77. The van der Waals surface area contributed by atoms with Crippen molar-refractivity contribution in [1.29, 1.82) is 0 Å². The standard InChI is InChI=1S/C10F19N/c11-3(12,13)1-2(30-1,7(18,19)20)4(8(21,22)23,5(14,15)9(24,25)26)6(16,17)10(27,28)29. The van der Waals surface area contributed by atoms with E-state index >= 15 is 0 Å². The number of hydrogen-bond donors (Lipinski definition) is 0. The van der Waals surface area contributed by atoms with Crippen LogP contribution in [0.4, 0.5) is 83.4 Å². The smallest absolute Gasteiger partial charge is 0.258 e. The van der Waals surface area contributed by atoms with Crippen molar-refractivity contribution in [2.45, 2.75) is 48.3 Å². The molecule has 1 unspecified atom stereocenters. The summed E-state index contributed by atoms with van der Waals surface area (Å²) in [5.41, 5.74) is -20.6. The van der Waals surface area contributed by atoms with E-state index in [2.05, 4.69) is 0 Å². The molecule has 0 saturated carbocycles. The van der Waals surface area contributed by atoms with Crippen LogP contribution in [-0.4, -0.2) is 54.0 Å². The Balaban J connectivity index is 4.41. The Morgan fingerprint density at radius 1 is 0.467 bits per heavy atom. The average molecular weight is 495 g/mol. The Hall–Kier alpha value is -1.66. The molecule has 0 fully saturated rings. The summed E-state index contributed by atoms with van der Waals surface area (Å²) in [5.74, 6) is -17.6. The predicted molar refractivity (Wildman–Crippen MR) is 52.8 cm³/mol. The van der Waals surface area contributed by atoms with Gasteiger partial charge in [-0.1, -0.05) is 0 Å². The fourth-order valence-corrected chi connectivity index (χ4v) is 2.72. The molecule has 178 valence electrons. The zero-order valence-corrected chi connectivity index (χ0v) is 12.6. The summed E-state index contributed by atoms with van der Waals surface area (Å²) in [7, 11) is 0. The summed E-state index contributed by atoms with van der Waals surface area (Å²) in [6.45, 7) is 0. The maximum absolute atomic E-state index is 13.6. The Morgan fingerprint density at radius 3 is 0.900 bits per heavy atom. The van der Waals surface area contributed by atoms with Crippen molar-refractivity contribution >= 4 is 5.71 Å². The SMILES string of the molecule is FC(F)(F)C1=NC1(C(F)(F)F)C(C(F)(F)F)(C(F)(F)C(F)(F)F)C(F)(F)C(F)(F)F. The van der Waals surface area contributed by atoms with E-state index in [-0.39, 0.29) is 0 Å². The fourth-order valence-electron chi connectivity index (χ4n) is 2.72. The molecule has 1 aliphatic rings. The molecule has 0 saturated heterocycles. The van der Waals surface area contributed by atoms with E-state index in [0.29, 0.717) is 4.99 Å². The lowest BCUT2D eigenvalue weighted by Gasteiger charge is -2.50. The van der Waals surface area contributed by atoms with E-state index in [1.165, 1.54) is 0 Å². The minimum Gasteiger partial charge on any atom is -0.258 e. The van der Waals surface area contributed by atoms with Gasteiger partial charge in [0.25, 0.3) is 5.41 Å². The zero-order chi connectivity index (χ0) is 24.8. The summed E-state index contributed by atoms with van der Waals surface area (Å²) in [6.07, 6.45) is -40.1. The van der Waals surface area contributed by atoms with Crippen LogP contribution in [0.1, 0.15) is 0 Å². The molecule has 0 aromatic carbocycles. The second-order valence-corrected chi connectivity index (χ2v) is 5.56. The molecule has 0 aromatic heterocycles. The second-order valence-electron chi connectivity index (χ2n) is 5.56. The van der Waals surface area contributed by atoms with Crippen LogP contribution in [0.5, 0.6) is 0 Å². The molecule has 20 heteroatoms. The molecule has 1 rings (SSSR count). The lowest BCUT2D eigenvalue weighted by molar-refractivity contribution is -0.481. The van der Waals surface area contributed by atoms with Gasteiger partial charge in [-0.15, -0.1) is 0 Å². The topological polar surface area (TPSA) is 12.4 Å². The van der Waals surface area contributed by atoms with Crippen LogP contribution in [0.2, 0.25) is 0 Å². The molecular weight excluding hydrogens is 495 g/mol. The maximum atomic E-state index is 13.6. The van der Waals surface area contributed by atoms with Gasteiger partial charge < -0.3 is 0 Å². The quantitative estimate of drug-likeness (QED) is 0.411. The molecule has 0 amide bonds. The monoisotopic (exact) mass is 495 g/mol. The van der Waals surface area contributed by atoms with Crippen molar-refractivity contribution in [3.8, 4) is 0 Å². The molecular formula is C10F19N. The summed E-state index contributed by atoms with van der Waals surface area (Å²) in [4.78, 5) is 0.714. The molecule has 1 heterocycles. The number of nitrogens with zero attached hydrogens (tertiary/aromatic N) is 1. The van der Waals surface area contributed by atoms with Gasteiger partial charge in [-0.2, -0.15) is 83.4 Å². The fraction of sp³-hybridized carbons (Fsp3) is 0.900. The molecule has 1 aliphatic heterocycles. The first-order valence-electron chi connectivity index (χ1n) is 6.29. The Labute approximate surface area is 149 Å². The van der Waals surface area contributed by atoms with Gasteiger partial charge in [-0.3, -0.25) is 4.99 Å². The normalized spacial score (nSPS) is 22.8. The number of hydrogen-bond acceptors (Lipinski definition) is 1. The van der Waals surface area contributed by atoms with Crippen molar-refractivity contribution < 1.29 is 83.4 Å². The highest BCUT2D eigenvalue weighted by Gasteiger charge is 3.05. The molecule has 1 atom stereocenters.